The number of fused-ring (bicyclic) bond motifs is 2. The average molecular weight is 264 g/mol. The van der Waals surface area contributed by atoms with Gasteiger partial charge in [0.25, 0.3) is 0 Å². The van der Waals surface area contributed by atoms with Crippen molar-refractivity contribution in [2.75, 3.05) is 0 Å². The van der Waals surface area contributed by atoms with Gasteiger partial charge in [-0.2, -0.15) is 0 Å². The van der Waals surface area contributed by atoms with E-state index in [1.165, 1.54) is 21.2 Å². The summed E-state index contributed by atoms with van der Waals surface area (Å²) in [5.41, 5.74) is 2.25. The van der Waals surface area contributed by atoms with Crippen molar-refractivity contribution in [3.63, 3.8) is 0 Å². The monoisotopic (exact) mass is 264 g/mol. The van der Waals surface area contributed by atoms with Gasteiger partial charge in [-0.05, 0) is 17.7 Å². The minimum absolute atomic E-state index is 1.04. The molecule has 0 fully saturated rings. The maximum absolute atomic E-state index is 4.74. The lowest BCUT2D eigenvalue weighted by Crippen LogP contribution is -1.80. The quantitative estimate of drug-likeness (QED) is 0.494. The molecule has 0 radical (unpaired) electrons. The lowest BCUT2D eigenvalue weighted by molar-refractivity contribution is 1.22. The molecule has 0 aliphatic heterocycles. The zero-order chi connectivity index (χ0) is 12.8. The molecule has 0 unspecified atom stereocenters. The van der Waals surface area contributed by atoms with Crippen LogP contribution >= 0.6 is 11.3 Å². The Balaban J connectivity index is 2.00. The minimum Gasteiger partial charge on any atom is -0.297 e. The largest absolute Gasteiger partial charge is 0.297 e. The molecule has 92 valence electrons. The van der Waals surface area contributed by atoms with Gasteiger partial charge in [-0.15, -0.1) is 11.3 Å². The molecular formula is C16H12N2S. The molecule has 0 aliphatic carbocycles. The summed E-state index contributed by atoms with van der Waals surface area (Å²) in [6.45, 7) is 2.11. The van der Waals surface area contributed by atoms with Crippen molar-refractivity contribution in [3.8, 4) is 11.3 Å². The number of nitrogens with zero attached hydrogens (tertiary/aromatic N) is 2. The van der Waals surface area contributed by atoms with E-state index in [1.807, 2.05) is 0 Å². The third kappa shape index (κ3) is 1.66. The fourth-order valence-corrected chi connectivity index (χ4v) is 3.30. The lowest BCUT2D eigenvalue weighted by Gasteiger charge is -2.03. The van der Waals surface area contributed by atoms with Gasteiger partial charge in [0.15, 0.2) is 4.96 Å². The van der Waals surface area contributed by atoms with Gasteiger partial charge in [-0.25, -0.2) is 4.98 Å². The van der Waals surface area contributed by atoms with Crippen LogP contribution in [0.5, 0.6) is 0 Å². The van der Waals surface area contributed by atoms with E-state index in [2.05, 4.69) is 66.2 Å². The Kier molecular flexibility index (Phi) is 2.23. The van der Waals surface area contributed by atoms with Crippen LogP contribution in [0.4, 0.5) is 0 Å². The van der Waals surface area contributed by atoms with Gasteiger partial charge in [0, 0.05) is 22.8 Å². The van der Waals surface area contributed by atoms with Crippen molar-refractivity contribution < 1.29 is 0 Å². The van der Waals surface area contributed by atoms with E-state index in [-0.39, 0.29) is 0 Å². The molecule has 2 aromatic carbocycles. The Morgan fingerprint density at radius 2 is 1.84 bits per heavy atom. The third-order valence-electron chi connectivity index (χ3n) is 3.34. The molecule has 3 heteroatoms. The summed E-state index contributed by atoms with van der Waals surface area (Å²) >= 11 is 1.72. The Hall–Kier alpha value is -2.13. The SMILES string of the molecule is Cc1cn2cc(-c3cccc4ccccc34)nc2s1. The van der Waals surface area contributed by atoms with Crippen LogP contribution in [0.1, 0.15) is 4.88 Å². The lowest BCUT2D eigenvalue weighted by atomic mass is 10.0. The molecule has 4 rings (SSSR count). The summed E-state index contributed by atoms with van der Waals surface area (Å²) in [6.07, 6.45) is 4.24. The fraction of sp³-hybridized carbons (Fsp3) is 0.0625. The van der Waals surface area contributed by atoms with Gasteiger partial charge >= 0.3 is 0 Å². The summed E-state index contributed by atoms with van der Waals surface area (Å²) in [5, 5.41) is 2.51. The third-order valence-corrected chi connectivity index (χ3v) is 4.25. The maximum atomic E-state index is 4.74. The van der Waals surface area contributed by atoms with Gasteiger partial charge in [0.2, 0.25) is 0 Å². The van der Waals surface area contributed by atoms with Gasteiger partial charge in [-0.3, -0.25) is 4.40 Å². The van der Waals surface area contributed by atoms with Crippen molar-refractivity contribution in [2.24, 2.45) is 0 Å². The number of aryl methyl sites for hydroxylation is 1. The van der Waals surface area contributed by atoms with E-state index in [1.54, 1.807) is 11.3 Å². The topological polar surface area (TPSA) is 17.3 Å². The molecule has 0 atom stereocenters. The summed E-state index contributed by atoms with van der Waals surface area (Å²) in [4.78, 5) is 7.08. The minimum atomic E-state index is 1.04. The van der Waals surface area contributed by atoms with Crippen molar-refractivity contribution >= 4 is 27.1 Å². The van der Waals surface area contributed by atoms with Crippen molar-refractivity contribution in [2.45, 2.75) is 6.92 Å². The Labute approximate surface area is 115 Å². The van der Waals surface area contributed by atoms with E-state index >= 15 is 0 Å². The fourth-order valence-electron chi connectivity index (χ4n) is 2.49. The molecule has 0 N–H and O–H groups in total. The van der Waals surface area contributed by atoms with Crippen LogP contribution in [0.15, 0.2) is 54.9 Å². The number of rotatable bonds is 1. The first-order valence-electron chi connectivity index (χ1n) is 6.24. The van der Waals surface area contributed by atoms with E-state index in [4.69, 9.17) is 4.98 Å². The predicted octanol–water partition coefficient (Wildman–Crippen LogP) is 4.52. The molecule has 0 amide bonds. The highest BCUT2D eigenvalue weighted by Gasteiger charge is 2.09. The number of benzene rings is 2. The highest BCUT2D eigenvalue weighted by Crippen LogP contribution is 2.29. The molecule has 0 saturated carbocycles. The molecule has 2 aromatic heterocycles. The summed E-state index contributed by atoms with van der Waals surface area (Å²) in [6, 6.07) is 14.8. The van der Waals surface area contributed by atoms with E-state index in [0.717, 1.165) is 10.7 Å². The summed E-state index contributed by atoms with van der Waals surface area (Å²) in [7, 11) is 0. The van der Waals surface area contributed by atoms with E-state index < -0.39 is 0 Å². The highest BCUT2D eigenvalue weighted by molar-refractivity contribution is 7.17. The summed E-state index contributed by atoms with van der Waals surface area (Å²) < 4.78 is 2.11. The first-order valence-corrected chi connectivity index (χ1v) is 7.06. The van der Waals surface area contributed by atoms with E-state index in [9.17, 15) is 0 Å². The molecule has 0 saturated heterocycles. The predicted molar refractivity (Wildman–Crippen MR) is 80.7 cm³/mol. The van der Waals surface area contributed by atoms with Crippen molar-refractivity contribution in [1.29, 1.82) is 0 Å². The molecule has 19 heavy (non-hydrogen) atoms. The molecule has 0 spiro atoms. The summed E-state index contributed by atoms with van der Waals surface area (Å²) in [5.74, 6) is 0. The first kappa shape index (κ1) is 10.8. The molecule has 4 aromatic rings. The number of imidazole rings is 1. The smallest absolute Gasteiger partial charge is 0.194 e. The number of aromatic nitrogens is 2. The van der Waals surface area contributed by atoms with Crippen LogP contribution in [0, 0.1) is 6.92 Å². The van der Waals surface area contributed by atoms with Crippen LogP contribution in [0.2, 0.25) is 0 Å². The highest BCUT2D eigenvalue weighted by atomic mass is 32.1. The number of hydrogen-bond donors (Lipinski definition) is 0. The second-order valence-corrected chi connectivity index (χ2v) is 5.90. The van der Waals surface area contributed by atoms with Crippen LogP contribution in [-0.4, -0.2) is 9.38 Å². The second kappa shape index (κ2) is 3.93. The average Bonchev–Trinajstić information content (AvgIpc) is 2.95. The van der Waals surface area contributed by atoms with E-state index in [0.29, 0.717) is 0 Å². The Morgan fingerprint density at radius 3 is 2.74 bits per heavy atom. The maximum Gasteiger partial charge on any atom is 0.194 e. The van der Waals surface area contributed by atoms with Crippen LogP contribution in [0.25, 0.3) is 27.0 Å². The zero-order valence-electron chi connectivity index (χ0n) is 10.5. The molecule has 2 nitrogen and oxygen atoms in total. The van der Waals surface area contributed by atoms with Gasteiger partial charge in [-0.1, -0.05) is 42.5 Å². The zero-order valence-corrected chi connectivity index (χ0v) is 11.3. The number of thiazole rings is 1. The van der Waals surface area contributed by atoms with Gasteiger partial charge in [0.1, 0.15) is 0 Å². The van der Waals surface area contributed by atoms with Crippen LogP contribution in [0.3, 0.4) is 0 Å². The Morgan fingerprint density at radius 1 is 1.00 bits per heavy atom. The van der Waals surface area contributed by atoms with Crippen LogP contribution in [-0.2, 0) is 0 Å². The number of hydrogen-bond acceptors (Lipinski definition) is 2. The normalized spacial score (nSPS) is 11.4. The molecule has 2 heterocycles. The standard InChI is InChI=1S/C16H12N2S/c1-11-9-18-10-15(17-16(18)19-11)14-8-4-6-12-5-2-3-7-13(12)14/h2-10H,1H3. The second-order valence-electron chi connectivity index (χ2n) is 4.68. The van der Waals surface area contributed by atoms with Crippen molar-refractivity contribution in [1.82, 2.24) is 9.38 Å². The van der Waals surface area contributed by atoms with Crippen molar-refractivity contribution in [3.05, 3.63) is 59.7 Å². The Bertz CT molecular complexity index is 849. The molecular weight excluding hydrogens is 252 g/mol. The first-order chi connectivity index (χ1) is 9.31. The van der Waals surface area contributed by atoms with Gasteiger partial charge < -0.3 is 0 Å². The van der Waals surface area contributed by atoms with Gasteiger partial charge in [0.05, 0.1) is 5.69 Å². The molecule has 0 aliphatic rings. The molecule has 0 bridgehead atoms. The van der Waals surface area contributed by atoms with Crippen LogP contribution < -0.4 is 0 Å².